The fourth-order valence-corrected chi connectivity index (χ4v) is 2.34. The van der Waals surface area contributed by atoms with Crippen LogP contribution in [0.2, 0.25) is 0 Å². The molecular formula is C10H13NO5S. The van der Waals surface area contributed by atoms with Gasteiger partial charge in [-0.15, -0.1) is 0 Å². The Morgan fingerprint density at radius 1 is 1.41 bits per heavy atom. The monoisotopic (exact) mass is 259 g/mol. The third-order valence-corrected chi connectivity index (χ3v) is 4.44. The Labute approximate surface area is 99.2 Å². The van der Waals surface area contributed by atoms with E-state index < -0.39 is 21.2 Å². The third kappa shape index (κ3) is 2.68. The predicted octanol–water partition coefficient (Wildman–Crippen LogP) is 0.631. The number of carbonyl (C=O) groups is 1. The molecule has 0 heterocycles. The zero-order valence-electron chi connectivity index (χ0n) is 9.36. The molecule has 1 unspecified atom stereocenters. The first-order valence-corrected chi connectivity index (χ1v) is 6.26. The standard InChI is InChI=1S/C10H13NO5S/c1-7(10(13)14)17(15,16)11(2)8-4-3-5-9(12)6-8/h3-7,12H,1-2H3,(H,13,14). The van der Waals surface area contributed by atoms with Crippen molar-refractivity contribution in [2.24, 2.45) is 0 Å². The highest BCUT2D eigenvalue weighted by Crippen LogP contribution is 2.22. The zero-order chi connectivity index (χ0) is 13.2. The van der Waals surface area contributed by atoms with Gasteiger partial charge < -0.3 is 10.2 Å². The number of rotatable bonds is 4. The second kappa shape index (κ2) is 4.62. The van der Waals surface area contributed by atoms with Gasteiger partial charge in [-0.05, 0) is 19.1 Å². The topological polar surface area (TPSA) is 94.9 Å². The number of nitrogens with zero attached hydrogens (tertiary/aromatic N) is 1. The molecule has 0 aliphatic heterocycles. The van der Waals surface area contributed by atoms with Crippen LogP contribution in [0, 0.1) is 0 Å². The lowest BCUT2D eigenvalue weighted by molar-refractivity contribution is -0.136. The van der Waals surface area contributed by atoms with E-state index in [1.165, 1.54) is 31.3 Å². The SMILES string of the molecule is CC(C(=O)O)S(=O)(=O)N(C)c1cccc(O)c1. The molecule has 0 aromatic heterocycles. The minimum absolute atomic E-state index is 0.0903. The number of anilines is 1. The number of aliphatic carboxylic acids is 1. The Morgan fingerprint density at radius 3 is 2.47 bits per heavy atom. The Hall–Kier alpha value is -1.76. The van der Waals surface area contributed by atoms with E-state index >= 15 is 0 Å². The molecule has 1 atom stereocenters. The number of sulfonamides is 1. The lowest BCUT2D eigenvalue weighted by Gasteiger charge is -2.21. The van der Waals surface area contributed by atoms with Crippen LogP contribution in [0.3, 0.4) is 0 Å². The summed E-state index contributed by atoms with van der Waals surface area (Å²) in [4.78, 5) is 10.7. The summed E-state index contributed by atoms with van der Waals surface area (Å²) >= 11 is 0. The molecule has 0 saturated carbocycles. The van der Waals surface area contributed by atoms with E-state index in [0.717, 1.165) is 11.2 Å². The number of phenolic OH excluding ortho intramolecular Hbond substituents is 1. The van der Waals surface area contributed by atoms with Gasteiger partial charge in [-0.3, -0.25) is 9.10 Å². The second-order valence-corrected chi connectivity index (χ2v) is 5.80. The summed E-state index contributed by atoms with van der Waals surface area (Å²) in [6, 6.07) is 5.57. The van der Waals surface area contributed by atoms with Crippen LogP contribution >= 0.6 is 0 Å². The summed E-state index contributed by atoms with van der Waals surface area (Å²) in [5.74, 6) is -1.51. The molecule has 1 aromatic rings. The molecule has 0 spiro atoms. The maximum atomic E-state index is 11.8. The molecule has 6 nitrogen and oxygen atoms in total. The van der Waals surface area contributed by atoms with Crippen LogP contribution in [0.4, 0.5) is 5.69 Å². The molecule has 0 bridgehead atoms. The van der Waals surface area contributed by atoms with Crippen molar-refractivity contribution >= 4 is 21.7 Å². The van der Waals surface area contributed by atoms with E-state index in [-0.39, 0.29) is 11.4 Å². The number of hydrogen-bond acceptors (Lipinski definition) is 4. The van der Waals surface area contributed by atoms with Gasteiger partial charge >= 0.3 is 5.97 Å². The maximum Gasteiger partial charge on any atom is 0.323 e. The summed E-state index contributed by atoms with van der Waals surface area (Å²) < 4.78 is 24.5. The number of carboxylic acids is 1. The van der Waals surface area contributed by atoms with Gasteiger partial charge in [0.2, 0.25) is 10.0 Å². The molecule has 0 aliphatic carbocycles. The van der Waals surface area contributed by atoms with E-state index in [1.807, 2.05) is 0 Å². The number of hydrogen-bond donors (Lipinski definition) is 2. The first kappa shape index (κ1) is 13.3. The Kier molecular flexibility index (Phi) is 3.62. The van der Waals surface area contributed by atoms with Gasteiger partial charge in [0.25, 0.3) is 0 Å². The Bertz CT molecular complexity index is 525. The average Bonchev–Trinajstić information content (AvgIpc) is 2.26. The molecule has 7 heteroatoms. The van der Waals surface area contributed by atoms with Crippen molar-refractivity contribution in [3.8, 4) is 5.75 Å². The molecule has 17 heavy (non-hydrogen) atoms. The fraction of sp³-hybridized carbons (Fsp3) is 0.300. The smallest absolute Gasteiger partial charge is 0.323 e. The summed E-state index contributed by atoms with van der Waals surface area (Å²) in [6.07, 6.45) is 0. The first-order valence-electron chi connectivity index (χ1n) is 4.76. The van der Waals surface area contributed by atoms with Crippen molar-refractivity contribution in [3.05, 3.63) is 24.3 Å². The van der Waals surface area contributed by atoms with Crippen molar-refractivity contribution < 1.29 is 23.4 Å². The number of aromatic hydroxyl groups is 1. The predicted molar refractivity (Wildman–Crippen MR) is 62.5 cm³/mol. The van der Waals surface area contributed by atoms with Gasteiger partial charge in [0.05, 0.1) is 5.69 Å². The third-order valence-electron chi connectivity index (χ3n) is 2.37. The first-order chi connectivity index (χ1) is 7.76. The summed E-state index contributed by atoms with van der Waals surface area (Å²) in [5, 5.41) is 16.4. The lowest BCUT2D eigenvalue weighted by Crippen LogP contribution is -2.38. The highest BCUT2D eigenvalue weighted by atomic mass is 32.2. The van der Waals surface area contributed by atoms with Gasteiger partial charge in [-0.25, -0.2) is 8.42 Å². The van der Waals surface area contributed by atoms with Crippen LogP contribution in [0.25, 0.3) is 0 Å². The molecule has 1 aromatic carbocycles. The van der Waals surface area contributed by atoms with Gasteiger partial charge in [0, 0.05) is 13.1 Å². The zero-order valence-corrected chi connectivity index (χ0v) is 10.2. The van der Waals surface area contributed by atoms with E-state index in [0.29, 0.717) is 0 Å². The Morgan fingerprint density at radius 2 is 2.00 bits per heavy atom. The number of benzene rings is 1. The van der Waals surface area contributed by atoms with Crippen molar-refractivity contribution in [1.29, 1.82) is 0 Å². The van der Waals surface area contributed by atoms with Crippen LogP contribution in [0.1, 0.15) is 6.92 Å². The molecule has 2 N–H and O–H groups in total. The molecule has 94 valence electrons. The van der Waals surface area contributed by atoms with Crippen LogP contribution < -0.4 is 4.31 Å². The number of carboxylic acid groups (broad SMARTS) is 1. The van der Waals surface area contributed by atoms with Crippen molar-refractivity contribution in [2.45, 2.75) is 12.2 Å². The van der Waals surface area contributed by atoms with Gasteiger partial charge in [0.1, 0.15) is 5.75 Å². The van der Waals surface area contributed by atoms with Crippen LogP contribution in [0.5, 0.6) is 5.75 Å². The molecular weight excluding hydrogens is 246 g/mol. The van der Waals surface area contributed by atoms with Crippen molar-refractivity contribution in [2.75, 3.05) is 11.4 Å². The summed E-state index contributed by atoms with van der Waals surface area (Å²) in [5.41, 5.74) is 0.207. The van der Waals surface area contributed by atoms with Gasteiger partial charge in [-0.2, -0.15) is 0 Å². The normalized spacial score (nSPS) is 13.1. The van der Waals surface area contributed by atoms with Crippen molar-refractivity contribution in [1.82, 2.24) is 0 Å². The molecule has 0 fully saturated rings. The van der Waals surface area contributed by atoms with E-state index in [4.69, 9.17) is 5.11 Å². The second-order valence-electron chi connectivity index (χ2n) is 3.51. The molecule has 0 amide bonds. The molecule has 0 aliphatic rings. The minimum atomic E-state index is -3.99. The lowest BCUT2D eigenvalue weighted by atomic mass is 10.3. The average molecular weight is 259 g/mol. The van der Waals surface area contributed by atoms with E-state index in [2.05, 4.69) is 0 Å². The van der Waals surface area contributed by atoms with Crippen molar-refractivity contribution in [3.63, 3.8) is 0 Å². The largest absolute Gasteiger partial charge is 0.508 e. The van der Waals surface area contributed by atoms with Crippen LogP contribution in [-0.2, 0) is 14.8 Å². The summed E-state index contributed by atoms with van der Waals surface area (Å²) in [6.45, 7) is 1.09. The maximum absolute atomic E-state index is 11.8. The van der Waals surface area contributed by atoms with E-state index in [9.17, 15) is 18.3 Å². The highest BCUT2D eigenvalue weighted by molar-refractivity contribution is 7.94. The minimum Gasteiger partial charge on any atom is -0.508 e. The fourth-order valence-electron chi connectivity index (χ4n) is 1.20. The van der Waals surface area contributed by atoms with Crippen LogP contribution in [-0.4, -0.2) is 36.9 Å². The highest BCUT2D eigenvalue weighted by Gasteiger charge is 2.31. The molecule has 0 saturated heterocycles. The van der Waals surface area contributed by atoms with E-state index in [1.54, 1.807) is 0 Å². The van der Waals surface area contributed by atoms with Gasteiger partial charge in [-0.1, -0.05) is 6.07 Å². The van der Waals surface area contributed by atoms with Crippen LogP contribution in [0.15, 0.2) is 24.3 Å². The number of phenols is 1. The molecule has 1 rings (SSSR count). The Balaban J connectivity index is 3.13. The molecule has 0 radical (unpaired) electrons. The quantitative estimate of drug-likeness (QED) is 0.827. The summed E-state index contributed by atoms with van der Waals surface area (Å²) in [7, 11) is -2.75. The van der Waals surface area contributed by atoms with Gasteiger partial charge in [0.15, 0.2) is 5.25 Å².